The highest BCUT2D eigenvalue weighted by Gasteiger charge is 2.13. The van der Waals surface area contributed by atoms with Crippen LogP contribution in [0.15, 0.2) is 22.8 Å². The molecule has 1 aromatic heterocycles. The first-order valence-electron chi connectivity index (χ1n) is 4.91. The molecule has 0 saturated carbocycles. The zero-order chi connectivity index (χ0) is 10.6. The van der Waals surface area contributed by atoms with Crippen molar-refractivity contribution in [2.45, 2.75) is 26.3 Å². The number of aromatic nitrogens is 1. The Morgan fingerprint density at radius 1 is 1.50 bits per heavy atom. The Balaban J connectivity index is 2.72. The lowest BCUT2D eigenvalue weighted by Crippen LogP contribution is -2.33. The van der Waals surface area contributed by atoms with Crippen LogP contribution in [-0.4, -0.2) is 18.1 Å². The maximum absolute atomic E-state index is 4.36. The van der Waals surface area contributed by atoms with Gasteiger partial charge in [0.2, 0.25) is 0 Å². The van der Waals surface area contributed by atoms with Crippen LogP contribution in [0.2, 0.25) is 0 Å². The van der Waals surface area contributed by atoms with Gasteiger partial charge in [0, 0.05) is 23.1 Å². The summed E-state index contributed by atoms with van der Waals surface area (Å²) in [6.45, 7) is 4.44. The summed E-state index contributed by atoms with van der Waals surface area (Å²) in [5.41, 5.74) is 1.13. The van der Waals surface area contributed by atoms with E-state index >= 15 is 0 Å². The van der Waals surface area contributed by atoms with E-state index in [1.54, 1.807) is 0 Å². The summed E-state index contributed by atoms with van der Waals surface area (Å²) in [5.74, 6) is 0.619. The molecule has 0 aliphatic carbocycles. The quantitative estimate of drug-likeness (QED) is 0.896. The molecule has 0 aromatic carbocycles. The minimum atomic E-state index is 0.487. The lowest BCUT2D eigenvalue weighted by Gasteiger charge is -2.20. The number of likely N-dealkylation sites (N-methyl/N-ethyl adjacent to an activating group) is 1. The fourth-order valence-corrected chi connectivity index (χ4v) is 1.86. The number of pyridine rings is 1. The number of hydrogen-bond acceptors (Lipinski definition) is 2. The van der Waals surface area contributed by atoms with Crippen LogP contribution in [0.1, 0.15) is 19.5 Å². The number of hydrogen-bond donors (Lipinski definition) is 1. The Hall–Kier alpha value is -0.410. The molecule has 0 amide bonds. The van der Waals surface area contributed by atoms with Gasteiger partial charge < -0.3 is 5.32 Å². The van der Waals surface area contributed by atoms with E-state index in [0.29, 0.717) is 12.0 Å². The van der Waals surface area contributed by atoms with Gasteiger partial charge in [0.15, 0.2) is 0 Å². The molecule has 0 bridgehead atoms. The molecule has 0 fully saturated rings. The van der Waals surface area contributed by atoms with E-state index in [4.69, 9.17) is 0 Å². The van der Waals surface area contributed by atoms with Crippen molar-refractivity contribution < 1.29 is 0 Å². The van der Waals surface area contributed by atoms with Crippen molar-refractivity contribution in [1.82, 2.24) is 10.3 Å². The minimum absolute atomic E-state index is 0.487. The molecular formula is C11H17BrN2. The maximum Gasteiger partial charge on any atom is 0.0561 e. The highest BCUT2D eigenvalue weighted by atomic mass is 79.9. The second kappa shape index (κ2) is 5.47. The topological polar surface area (TPSA) is 24.9 Å². The number of nitrogens with zero attached hydrogens (tertiary/aromatic N) is 1. The third-order valence-electron chi connectivity index (χ3n) is 2.42. The summed E-state index contributed by atoms with van der Waals surface area (Å²) in [5, 5.41) is 3.32. The molecule has 14 heavy (non-hydrogen) atoms. The van der Waals surface area contributed by atoms with Gasteiger partial charge >= 0.3 is 0 Å². The second-order valence-electron chi connectivity index (χ2n) is 3.78. The largest absolute Gasteiger partial charge is 0.316 e. The van der Waals surface area contributed by atoms with Crippen molar-refractivity contribution in [3.05, 3.63) is 28.5 Å². The van der Waals surface area contributed by atoms with Gasteiger partial charge in [0.05, 0.1) is 5.69 Å². The third-order valence-corrected chi connectivity index (χ3v) is 3.15. The van der Waals surface area contributed by atoms with Crippen LogP contribution in [-0.2, 0) is 6.42 Å². The molecule has 1 N–H and O–H groups in total. The van der Waals surface area contributed by atoms with E-state index in [1.807, 2.05) is 25.4 Å². The van der Waals surface area contributed by atoms with Crippen molar-refractivity contribution >= 4 is 15.9 Å². The highest BCUT2D eigenvalue weighted by molar-refractivity contribution is 9.10. The normalized spacial score (nSPS) is 13.2. The molecular weight excluding hydrogens is 240 g/mol. The molecule has 0 aliphatic rings. The summed E-state index contributed by atoms with van der Waals surface area (Å²) in [6.07, 6.45) is 2.81. The average Bonchev–Trinajstić information content (AvgIpc) is 2.16. The minimum Gasteiger partial charge on any atom is -0.316 e. The standard InChI is InChI=1S/C11H17BrN2/c1-8(2)10(13-3)7-11-9(12)5-4-6-14-11/h4-6,8,10,13H,7H2,1-3H3. The Morgan fingerprint density at radius 3 is 2.71 bits per heavy atom. The molecule has 1 heterocycles. The van der Waals surface area contributed by atoms with Gasteiger partial charge in [-0.25, -0.2) is 0 Å². The molecule has 0 radical (unpaired) electrons. The van der Waals surface area contributed by atoms with Crippen LogP contribution in [0.5, 0.6) is 0 Å². The van der Waals surface area contributed by atoms with Crippen molar-refractivity contribution in [2.75, 3.05) is 7.05 Å². The third kappa shape index (κ3) is 3.07. The van der Waals surface area contributed by atoms with Gasteiger partial charge in [-0.15, -0.1) is 0 Å². The van der Waals surface area contributed by atoms with Crippen molar-refractivity contribution in [3.63, 3.8) is 0 Å². The Labute approximate surface area is 94.3 Å². The summed E-state index contributed by atoms with van der Waals surface area (Å²) in [7, 11) is 2.00. The Bertz CT molecular complexity index is 286. The first-order valence-corrected chi connectivity index (χ1v) is 5.71. The molecule has 0 spiro atoms. The zero-order valence-corrected chi connectivity index (χ0v) is 10.5. The van der Waals surface area contributed by atoms with E-state index in [-0.39, 0.29) is 0 Å². The molecule has 0 saturated heterocycles. The SMILES string of the molecule is CNC(Cc1ncccc1Br)C(C)C. The van der Waals surface area contributed by atoms with Crippen LogP contribution < -0.4 is 5.32 Å². The smallest absolute Gasteiger partial charge is 0.0561 e. The second-order valence-corrected chi connectivity index (χ2v) is 4.63. The van der Waals surface area contributed by atoms with E-state index in [2.05, 4.69) is 40.1 Å². The Kier molecular flexibility index (Phi) is 4.55. The monoisotopic (exact) mass is 256 g/mol. The average molecular weight is 257 g/mol. The maximum atomic E-state index is 4.36. The lowest BCUT2D eigenvalue weighted by atomic mass is 9.99. The summed E-state index contributed by atoms with van der Waals surface area (Å²) < 4.78 is 1.10. The van der Waals surface area contributed by atoms with Crippen molar-refractivity contribution in [3.8, 4) is 0 Å². The van der Waals surface area contributed by atoms with E-state index in [1.165, 1.54) is 0 Å². The molecule has 1 aromatic rings. The van der Waals surface area contributed by atoms with Crippen LogP contribution in [0.3, 0.4) is 0 Å². The van der Waals surface area contributed by atoms with E-state index < -0.39 is 0 Å². The molecule has 1 atom stereocenters. The molecule has 2 nitrogen and oxygen atoms in total. The van der Waals surface area contributed by atoms with E-state index in [0.717, 1.165) is 16.6 Å². The predicted octanol–water partition coefficient (Wildman–Crippen LogP) is 2.63. The van der Waals surface area contributed by atoms with Crippen molar-refractivity contribution in [2.24, 2.45) is 5.92 Å². The fourth-order valence-electron chi connectivity index (χ4n) is 1.45. The van der Waals surface area contributed by atoms with Gasteiger partial charge in [-0.1, -0.05) is 13.8 Å². The van der Waals surface area contributed by atoms with Crippen molar-refractivity contribution in [1.29, 1.82) is 0 Å². The summed E-state index contributed by atoms with van der Waals surface area (Å²) in [6, 6.07) is 4.47. The van der Waals surface area contributed by atoms with Gasteiger partial charge in [-0.2, -0.15) is 0 Å². The van der Waals surface area contributed by atoms with Crippen LogP contribution in [0.4, 0.5) is 0 Å². The molecule has 0 aliphatic heterocycles. The Morgan fingerprint density at radius 2 is 2.21 bits per heavy atom. The van der Waals surface area contributed by atoms with Crippen LogP contribution in [0, 0.1) is 5.92 Å². The van der Waals surface area contributed by atoms with Gasteiger partial charge in [0.1, 0.15) is 0 Å². The van der Waals surface area contributed by atoms with Gasteiger partial charge in [0.25, 0.3) is 0 Å². The van der Waals surface area contributed by atoms with Gasteiger partial charge in [-0.3, -0.25) is 4.98 Å². The summed E-state index contributed by atoms with van der Waals surface area (Å²) >= 11 is 3.51. The molecule has 1 rings (SSSR count). The number of rotatable bonds is 4. The van der Waals surface area contributed by atoms with Crippen LogP contribution >= 0.6 is 15.9 Å². The fraction of sp³-hybridized carbons (Fsp3) is 0.545. The number of halogens is 1. The van der Waals surface area contributed by atoms with Crippen LogP contribution in [0.25, 0.3) is 0 Å². The first-order chi connectivity index (χ1) is 6.65. The lowest BCUT2D eigenvalue weighted by molar-refractivity contribution is 0.421. The summed E-state index contributed by atoms with van der Waals surface area (Å²) in [4.78, 5) is 4.36. The zero-order valence-electron chi connectivity index (χ0n) is 8.92. The molecule has 3 heteroatoms. The molecule has 1 unspecified atom stereocenters. The predicted molar refractivity (Wildman–Crippen MR) is 63.3 cm³/mol. The number of nitrogens with one attached hydrogen (secondary N) is 1. The van der Waals surface area contributed by atoms with E-state index in [9.17, 15) is 0 Å². The highest BCUT2D eigenvalue weighted by Crippen LogP contribution is 2.17. The van der Waals surface area contributed by atoms with Gasteiger partial charge in [-0.05, 0) is 41.0 Å². The first kappa shape index (κ1) is 11.7. The molecule has 78 valence electrons.